The first kappa shape index (κ1) is 23.7. The van der Waals surface area contributed by atoms with Gasteiger partial charge in [0, 0.05) is 42.9 Å². The third-order valence-corrected chi connectivity index (χ3v) is 7.87. The molecule has 2 aromatic carbocycles. The summed E-state index contributed by atoms with van der Waals surface area (Å²) in [6.45, 7) is 5.34. The molecule has 0 unspecified atom stereocenters. The van der Waals surface area contributed by atoms with Gasteiger partial charge in [0.2, 0.25) is 0 Å². The number of piperazine rings is 1. The van der Waals surface area contributed by atoms with Crippen LogP contribution in [0.5, 0.6) is 5.75 Å². The van der Waals surface area contributed by atoms with Crippen molar-refractivity contribution in [3.8, 4) is 5.75 Å². The fourth-order valence-corrected chi connectivity index (χ4v) is 5.87. The Morgan fingerprint density at radius 2 is 1.76 bits per heavy atom. The average molecular weight is 500 g/mol. The lowest BCUT2D eigenvalue weighted by Gasteiger charge is -2.39. The highest BCUT2D eigenvalue weighted by atomic mass is 16.5. The summed E-state index contributed by atoms with van der Waals surface area (Å²) in [6.07, 6.45) is 4.52. The number of aryl methyl sites for hydroxylation is 1. The van der Waals surface area contributed by atoms with Crippen molar-refractivity contribution in [2.75, 3.05) is 38.2 Å². The van der Waals surface area contributed by atoms with Gasteiger partial charge in [-0.1, -0.05) is 24.5 Å². The van der Waals surface area contributed by atoms with Gasteiger partial charge in [0.05, 0.1) is 13.2 Å². The SMILES string of the molecule is COc1ccc(N2CCN([C@@H](c3cc4cc(C)ccc4[nH]c3=O)c3nnnn3C3CCCC3)CC2)cc1. The molecule has 1 saturated heterocycles. The fourth-order valence-electron chi connectivity index (χ4n) is 5.87. The Hall–Kier alpha value is -3.72. The average Bonchev–Trinajstić information content (AvgIpc) is 3.62. The van der Waals surface area contributed by atoms with Crippen LogP contribution in [0.15, 0.2) is 53.3 Å². The molecule has 2 aliphatic rings. The molecule has 3 heterocycles. The number of fused-ring (bicyclic) bond motifs is 1. The molecule has 192 valence electrons. The van der Waals surface area contributed by atoms with E-state index in [1.54, 1.807) is 7.11 Å². The van der Waals surface area contributed by atoms with E-state index in [9.17, 15) is 4.79 Å². The van der Waals surface area contributed by atoms with Crippen molar-refractivity contribution in [3.63, 3.8) is 0 Å². The zero-order valence-corrected chi connectivity index (χ0v) is 21.4. The number of ether oxygens (including phenoxy) is 1. The highest BCUT2D eigenvalue weighted by molar-refractivity contribution is 5.79. The highest BCUT2D eigenvalue weighted by Gasteiger charge is 2.34. The van der Waals surface area contributed by atoms with E-state index in [0.29, 0.717) is 5.56 Å². The van der Waals surface area contributed by atoms with E-state index in [2.05, 4.69) is 55.4 Å². The van der Waals surface area contributed by atoms with Crippen LogP contribution in [0, 0.1) is 6.92 Å². The summed E-state index contributed by atoms with van der Waals surface area (Å²) in [4.78, 5) is 21.4. The van der Waals surface area contributed by atoms with Gasteiger partial charge in [-0.15, -0.1) is 5.10 Å². The van der Waals surface area contributed by atoms with Gasteiger partial charge >= 0.3 is 0 Å². The molecule has 4 aromatic rings. The molecule has 0 amide bonds. The second kappa shape index (κ2) is 9.97. The van der Waals surface area contributed by atoms with Gasteiger partial charge in [-0.3, -0.25) is 9.69 Å². The first-order valence-corrected chi connectivity index (χ1v) is 13.1. The predicted molar refractivity (Wildman–Crippen MR) is 143 cm³/mol. The first-order chi connectivity index (χ1) is 18.1. The van der Waals surface area contributed by atoms with Gasteiger partial charge in [-0.05, 0) is 78.0 Å². The molecule has 1 saturated carbocycles. The number of aromatic nitrogens is 5. The molecule has 0 bridgehead atoms. The van der Waals surface area contributed by atoms with Crippen LogP contribution in [-0.2, 0) is 0 Å². The van der Waals surface area contributed by atoms with E-state index in [1.807, 2.05) is 35.0 Å². The molecule has 9 heteroatoms. The summed E-state index contributed by atoms with van der Waals surface area (Å²) < 4.78 is 7.31. The maximum absolute atomic E-state index is 13.5. The molecule has 2 aromatic heterocycles. The van der Waals surface area contributed by atoms with Gasteiger partial charge in [0.25, 0.3) is 5.56 Å². The van der Waals surface area contributed by atoms with Crippen LogP contribution in [0.1, 0.15) is 54.7 Å². The molecule has 0 spiro atoms. The minimum Gasteiger partial charge on any atom is -0.497 e. The summed E-state index contributed by atoms with van der Waals surface area (Å²) >= 11 is 0. The Kier molecular flexibility index (Phi) is 6.38. The van der Waals surface area contributed by atoms with Crippen LogP contribution in [0.4, 0.5) is 5.69 Å². The molecule has 1 atom stereocenters. The van der Waals surface area contributed by atoms with Crippen molar-refractivity contribution in [1.82, 2.24) is 30.1 Å². The number of anilines is 1. The Bertz CT molecular complexity index is 1430. The summed E-state index contributed by atoms with van der Waals surface area (Å²) in [5.41, 5.74) is 3.79. The normalized spacial score (nSPS) is 17.9. The Labute approximate surface area is 216 Å². The first-order valence-electron chi connectivity index (χ1n) is 13.1. The van der Waals surface area contributed by atoms with Crippen molar-refractivity contribution in [3.05, 3.63) is 75.8 Å². The predicted octanol–water partition coefficient (Wildman–Crippen LogP) is 3.86. The number of hydrogen-bond donors (Lipinski definition) is 1. The third kappa shape index (κ3) is 4.59. The van der Waals surface area contributed by atoms with Gasteiger partial charge in [0.15, 0.2) is 5.82 Å². The number of aromatic amines is 1. The lowest BCUT2D eigenvalue weighted by Crippen LogP contribution is -2.49. The van der Waals surface area contributed by atoms with Crippen molar-refractivity contribution in [1.29, 1.82) is 0 Å². The molecule has 9 nitrogen and oxygen atoms in total. The summed E-state index contributed by atoms with van der Waals surface area (Å²) in [5, 5.41) is 14.1. The van der Waals surface area contributed by atoms with Gasteiger partial charge in [-0.25, -0.2) is 4.68 Å². The number of H-pyrrole nitrogens is 1. The lowest BCUT2D eigenvalue weighted by atomic mass is 10.0. The van der Waals surface area contributed by atoms with Crippen molar-refractivity contribution >= 4 is 16.6 Å². The maximum atomic E-state index is 13.5. The number of methoxy groups -OCH3 is 1. The van der Waals surface area contributed by atoms with Crippen LogP contribution >= 0.6 is 0 Å². The molecule has 1 aliphatic heterocycles. The number of nitrogens with one attached hydrogen (secondary N) is 1. The molecule has 37 heavy (non-hydrogen) atoms. The minimum absolute atomic E-state index is 0.0834. The monoisotopic (exact) mass is 499 g/mol. The number of pyridine rings is 1. The van der Waals surface area contributed by atoms with Crippen molar-refractivity contribution in [2.24, 2.45) is 0 Å². The summed E-state index contributed by atoms with van der Waals surface area (Å²) in [6, 6.07) is 16.3. The molecule has 6 rings (SSSR count). The van der Waals surface area contributed by atoms with Crippen LogP contribution in [0.2, 0.25) is 0 Å². The van der Waals surface area contributed by atoms with E-state index in [4.69, 9.17) is 4.74 Å². The van der Waals surface area contributed by atoms with E-state index < -0.39 is 0 Å². The largest absolute Gasteiger partial charge is 0.497 e. The highest BCUT2D eigenvalue weighted by Crippen LogP contribution is 2.34. The third-order valence-electron chi connectivity index (χ3n) is 7.87. The molecule has 2 fully saturated rings. The number of hydrogen-bond acceptors (Lipinski definition) is 7. The minimum atomic E-state index is -0.317. The van der Waals surface area contributed by atoms with Gasteiger partial charge in [0.1, 0.15) is 11.8 Å². The maximum Gasteiger partial charge on any atom is 0.253 e. The number of tetrazole rings is 1. The van der Waals surface area contributed by atoms with E-state index >= 15 is 0 Å². The van der Waals surface area contributed by atoms with Crippen LogP contribution in [0.25, 0.3) is 10.9 Å². The molecule has 1 aliphatic carbocycles. The standard InChI is InChI=1S/C28H33N7O2/c1-19-7-12-25-20(17-19)18-24(28(36)29-25)26(27-30-31-32-35(27)22-5-3-4-6-22)34-15-13-33(14-16-34)21-8-10-23(37-2)11-9-21/h7-12,17-18,22,26H,3-6,13-16H2,1-2H3,(H,29,36)/t26-/m0/s1. The Morgan fingerprint density at radius 1 is 1.00 bits per heavy atom. The number of benzene rings is 2. The Morgan fingerprint density at radius 3 is 2.49 bits per heavy atom. The molecular weight excluding hydrogens is 466 g/mol. The zero-order valence-electron chi connectivity index (χ0n) is 21.4. The molecule has 0 radical (unpaired) electrons. The zero-order chi connectivity index (χ0) is 25.4. The molecule has 1 N–H and O–H groups in total. The van der Waals surface area contributed by atoms with Crippen LogP contribution in [0.3, 0.4) is 0 Å². The summed E-state index contributed by atoms with van der Waals surface area (Å²) in [7, 11) is 1.68. The van der Waals surface area contributed by atoms with Crippen LogP contribution in [-0.4, -0.2) is 63.4 Å². The second-order valence-electron chi connectivity index (χ2n) is 10.2. The Balaban J connectivity index is 1.36. The summed E-state index contributed by atoms with van der Waals surface area (Å²) in [5.74, 6) is 1.62. The lowest BCUT2D eigenvalue weighted by molar-refractivity contribution is 0.197. The fraction of sp³-hybridized carbons (Fsp3) is 0.429. The van der Waals surface area contributed by atoms with E-state index in [-0.39, 0.29) is 17.6 Å². The quantitative estimate of drug-likeness (QED) is 0.431. The van der Waals surface area contributed by atoms with E-state index in [1.165, 1.54) is 18.5 Å². The van der Waals surface area contributed by atoms with Gasteiger partial charge in [-0.2, -0.15) is 0 Å². The molecular formula is C28H33N7O2. The van der Waals surface area contributed by atoms with Crippen molar-refractivity contribution < 1.29 is 4.74 Å². The van der Waals surface area contributed by atoms with Gasteiger partial charge < -0.3 is 14.6 Å². The topological polar surface area (TPSA) is 92.2 Å². The van der Waals surface area contributed by atoms with Crippen LogP contribution < -0.4 is 15.2 Å². The smallest absolute Gasteiger partial charge is 0.253 e. The second-order valence-corrected chi connectivity index (χ2v) is 10.2. The van der Waals surface area contributed by atoms with E-state index in [0.717, 1.165) is 67.1 Å². The number of rotatable bonds is 6. The van der Waals surface area contributed by atoms with Crippen molar-refractivity contribution in [2.45, 2.75) is 44.7 Å². The number of nitrogens with zero attached hydrogens (tertiary/aromatic N) is 6.